The van der Waals surface area contributed by atoms with Crippen LogP contribution in [-0.4, -0.2) is 21.1 Å². The average molecular weight is 296 g/mol. The van der Waals surface area contributed by atoms with Crippen LogP contribution in [0.3, 0.4) is 0 Å². The number of nitrogens with two attached hydrogens (primary N) is 1. The van der Waals surface area contributed by atoms with Crippen LogP contribution in [-0.2, 0) is 0 Å². The van der Waals surface area contributed by atoms with Crippen molar-refractivity contribution in [1.82, 2.24) is 9.55 Å². The van der Waals surface area contributed by atoms with Gasteiger partial charge in [-0.1, -0.05) is 11.6 Å². The molecule has 0 bridgehead atoms. The van der Waals surface area contributed by atoms with Gasteiger partial charge in [0, 0.05) is 16.3 Å². The first kappa shape index (κ1) is 13.1. The minimum atomic E-state index is 0.481. The lowest BCUT2D eigenvalue weighted by Gasteiger charge is -2.29. The van der Waals surface area contributed by atoms with Crippen LogP contribution in [0, 0.1) is 0 Å². The van der Waals surface area contributed by atoms with E-state index in [0.717, 1.165) is 16.3 Å². The normalized spacial score (nSPS) is 23.9. The van der Waals surface area contributed by atoms with Gasteiger partial charge in [-0.05, 0) is 50.1 Å². The molecule has 2 N–H and O–H groups in total. The topological polar surface area (TPSA) is 43.8 Å². The highest BCUT2D eigenvalue weighted by atomic mass is 35.5. The van der Waals surface area contributed by atoms with Crippen LogP contribution in [0.2, 0.25) is 5.02 Å². The molecule has 1 aliphatic carbocycles. The summed E-state index contributed by atoms with van der Waals surface area (Å²) in [7, 11) is 0. The molecule has 1 aliphatic rings. The minimum absolute atomic E-state index is 0.481. The molecule has 1 aromatic carbocycles. The van der Waals surface area contributed by atoms with Gasteiger partial charge < -0.3 is 10.3 Å². The Morgan fingerprint density at radius 1 is 1.32 bits per heavy atom. The van der Waals surface area contributed by atoms with Crippen LogP contribution in [0.25, 0.3) is 11.0 Å². The van der Waals surface area contributed by atoms with E-state index in [2.05, 4.69) is 15.8 Å². The van der Waals surface area contributed by atoms with Crippen molar-refractivity contribution >= 4 is 40.3 Å². The number of benzene rings is 1. The second-order valence-corrected chi connectivity index (χ2v) is 6.71. The van der Waals surface area contributed by atoms with Gasteiger partial charge in [0.25, 0.3) is 0 Å². The molecule has 3 nitrogen and oxygen atoms in total. The van der Waals surface area contributed by atoms with E-state index in [0.29, 0.717) is 17.0 Å². The molecule has 19 heavy (non-hydrogen) atoms. The number of anilines is 1. The van der Waals surface area contributed by atoms with E-state index in [-0.39, 0.29) is 0 Å². The van der Waals surface area contributed by atoms with E-state index < -0.39 is 0 Å². The van der Waals surface area contributed by atoms with Gasteiger partial charge in [-0.15, -0.1) is 0 Å². The SMILES string of the molecule is CSC1CCC(n2c(N)nc3cc(Cl)ccc32)CC1. The predicted molar refractivity (Wildman–Crippen MR) is 84.0 cm³/mol. The third-order valence-electron chi connectivity index (χ3n) is 4.02. The molecule has 3 rings (SSSR count). The summed E-state index contributed by atoms with van der Waals surface area (Å²) in [5.74, 6) is 0.616. The van der Waals surface area contributed by atoms with Gasteiger partial charge in [-0.25, -0.2) is 4.98 Å². The maximum absolute atomic E-state index is 6.10. The maximum atomic E-state index is 6.10. The van der Waals surface area contributed by atoms with Crippen LogP contribution >= 0.6 is 23.4 Å². The van der Waals surface area contributed by atoms with Crippen molar-refractivity contribution < 1.29 is 0 Å². The summed E-state index contributed by atoms with van der Waals surface area (Å²) < 4.78 is 2.20. The number of rotatable bonds is 2. The van der Waals surface area contributed by atoms with E-state index >= 15 is 0 Å². The van der Waals surface area contributed by atoms with Crippen LogP contribution in [0.1, 0.15) is 31.7 Å². The number of hydrogen-bond donors (Lipinski definition) is 1. The Morgan fingerprint density at radius 2 is 2.05 bits per heavy atom. The number of hydrogen-bond acceptors (Lipinski definition) is 3. The molecule has 102 valence electrons. The van der Waals surface area contributed by atoms with E-state index in [1.165, 1.54) is 25.7 Å². The van der Waals surface area contributed by atoms with Crippen molar-refractivity contribution in [3.8, 4) is 0 Å². The summed E-state index contributed by atoms with van der Waals surface area (Å²) in [6.07, 6.45) is 7.10. The first-order valence-corrected chi connectivity index (χ1v) is 8.31. The standard InChI is InChI=1S/C14H18ClN3S/c1-19-11-5-3-10(4-6-11)18-13-7-2-9(15)8-12(13)17-14(18)16/h2,7-8,10-11H,3-6H2,1H3,(H2,16,17). The zero-order valence-corrected chi connectivity index (χ0v) is 12.5. The number of halogens is 1. The number of thioether (sulfide) groups is 1. The molecule has 0 atom stereocenters. The van der Waals surface area contributed by atoms with Gasteiger partial charge in [0.05, 0.1) is 11.0 Å². The Balaban J connectivity index is 1.94. The van der Waals surface area contributed by atoms with Crippen LogP contribution in [0.4, 0.5) is 5.95 Å². The summed E-state index contributed by atoms with van der Waals surface area (Å²) in [5.41, 5.74) is 8.11. The molecule has 1 saturated carbocycles. The van der Waals surface area contributed by atoms with Gasteiger partial charge in [-0.2, -0.15) is 11.8 Å². The molecule has 5 heteroatoms. The lowest BCUT2D eigenvalue weighted by molar-refractivity contribution is 0.370. The molecular weight excluding hydrogens is 278 g/mol. The van der Waals surface area contributed by atoms with Crippen molar-refractivity contribution in [2.45, 2.75) is 37.0 Å². The number of imidazole rings is 1. The average Bonchev–Trinajstić information content (AvgIpc) is 2.74. The maximum Gasteiger partial charge on any atom is 0.201 e. The molecule has 0 unspecified atom stereocenters. The summed E-state index contributed by atoms with van der Waals surface area (Å²) >= 11 is 7.99. The molecule has 0 saturated heterocycles. The largest absolute Gasteiger partial charge is 0.369 e. The van der Waals surface area contributed by atoms with Gasteiger partial charge in [-0.3, -0.25) is 0 Å². The summed E-state index contributed by atoms with van der Waals surface area (Å²) in [4.78, 5) is 4.44. The Labute approximate surface area is 122 Å². The molecule has 2 aromatic rings. The fourth-order valence-corrected chi connectivity index (χ4v) is 3.92. The Kier molecular flexibility index (Phi) is 3.63. The number of nitrogens with zero attached hydrogens (tertiary/aromatic N) is 2. The number of aromatic nitrogens is 2. The van der Waals surface area contributed by atoms with Crippen molar-refractivity contribution in [3.63, 3.8) is 0 Å². The second kappa shape index (κ2) is 5.25. The van der Waals surface area contributed by atoms with E-state index in [4.69, 9.17) is 17.3 Å². The predicted octanol–water partition coefficient (Wildman–Crippen LogP) is 4.12. The lowest BCUT2D eigenvalue weighted by Crippen LogP contribution is -2.20. The smallest absolute Gasteiger partial charge is 0.201 e. The molecule has 0 spiro atoms. The first-order chi connectivity index (χ1) is 9.19. The third-order valence-corrected chi connectivity index (χ3v) is 5.39. The van der Waals surface area contributed by atoms with E-state index in [1.807, 2.05) is 30.0 Å². The quantitative estimate of drug-likeness (QED) is 0.906. The van der Waals surface area contributed by atoms with Crippen molar-refractivity contribution in [3.05, 3.63) is 23.2 Å². The fourth-order valence-electron chi connectivity index (χ4n) is 3.01. The fraction of sp³-hybridized carbons (Fsp3) is 0.500. The van der Waals surface area contributed by atoms with Crippen LogP contribution < -0.4 is 5.73 Å². The van der Waals surface area contributed by atoms with E-state index in [9.17, 15) is 0 Å². The Hall–Kier alpha value is -0.870. The summed E-state index contributed by atoms with van der Waals surface area (Å²) in [5, 5.41) is 1.52. The van der Waals surface area contributed by atoms with Gasteiger partial charge >= 0.3 is 0 Å². The second-order valence-electron chi connectivity index (χ2n) is 5.14. The lowest BCUT2D eigenvalue weighted by atomic mass is 9.94. The van der Waals surface area contributed by atoms with Crippen LogP contribution in [0.15, 0.2) is 18.2 Å². The minimum Gasteiger partial charge on any atom is -0.369 e. The van der Waals surface area contributed by atoms with E-state index in [1.54, 1.807) is 0 Å². The highest BCUT2D eigenvalue weighted by molar-refractivity contribution is 7.99. The highest BCUT2D eigenvalue weighted by Crippen LogP contribution is 2.37. The van der Waals surface area contributed by atoms with Gasteiger partial charge in [0.15, 0.2) is 0 Å². The number of fused-ring (bicyclic) bond motifs is 1. The number of nitrogen functional groups attached to an aromatic ring is 1. The zero-order chi connectivity index (χ0) is 13.4. The Bertz CT molecular complexity index is 588. The molecule has 1 fully saturated rings. The molecule has 1 aromatic heterocycles. The van der Waals surface area contributed by atoms with Gasteiger partial charge in [0.2, 0.25) is 5.95 Å². The third kappa shape index (κ3) is 2.43. The molecule has 0 amide bonds. The van der Waals surface area contributed by atoms with Crippen molar-refractivity contribution in [2.24, 2.45) is 0 Å². The molecular formula is C14H18ClN3S. The first-order valence-electron chi connectivity index (χ1n) is 6.65. The summed E-state index contributed by atoms with van der Waals surface area (Å²) in [6, 6.07) is 6.31. The monoisotopic (exact) mass is 295 g/mol. The molecule has 0 aliphatic heterocycles. The molecule has 0 radical (unpaired) electrons. The molecule has 1 heterocycles. The highest BCUT2D eigenvalue weighted by Gasteiger charge is 2.24. The summed E-state index contributed by atoms with van der Waals surface area (Å²) in [6.45, 7) is 0. The van der Waals surface area contributed by atoms with Gasteiger partial charge in [0.1, 0.15) is 0 Å². The Morgan fingerprint density at radius 3 is 2.74 bits per heavy atom. The zero-order valence-electron chi connectivity index (χ0n) is 11.0. The van der Waals surface area contributed by atoms with Crippen molar-refractivity contribution in [1.29, 1.82) is 0 Å². The van der Waals surface area contributed by atoms with Crippen LogP contribution in [0.5, 0.6) is 0 Å². The van der Waals surface area contributed by atoms with Crippen molar-refractivity contribution in [2.75, 3.05) is 12.0 Å².